The van der Waals surface area contributed by atoms with Crippen LogP contribution in [0, 0.1) is 0 Å². The van der Waals surface area contributed by atoms with Crippen molar-refractivity contribution in [3.8, 4) is 0 Å². The molecule has 0 bridgehead atoms. The fraction of sp³-hybridized carbons (Fsp3) is 0.500. The van der Waals surface area contributed by atoms with Crippen molar-refractivity contribution in [2.45, 2.75) is 25.3 Å². The van der Waals surface area contributed by atoms with Gasteiger partial charge in [0, 0.05) is 38.8 Å². The molecule has 3 amide bonds. The van der Waals surface area contributed by atoms with Gasteiger partial charge in [0.2, 0.25) is 17.7 Å². The highest BCUT2D eigenvalue weighted by Crippen LogP contribution is 2.20. The van der Waals surface area contributed by atoms with Crippen molar-refractivity contribution in [3.63, 3.8) is 0 Å². The predicted octanol–water partition coefficient (Wildman–Crippen LogP) is -1.04. The third kappa shape index (κ3) is 3.88. The Kier molecular flexibility index (Phi) is 5.05. The number of aromatic nitrogens is 1. The number of piperidine rings is 1. The van der Waals surface area contributed by atoms with Gasteiger partial charge in [-0.3, -0.25) is 24.7 Å². The summed E-state index contributed by atoms with van der Waals surface area (Å²) in [5.74, 6) is -0.954. The maximum absolute atomic E-state index is 12.3. The lowest BCUT2D eigenvalue weighted by Gasteiger charge is -2.30. The van der Waals surface area contributed by atoms with E-state index in [0.717, 1.165) is 37.4 Å². The summed E-state index contributed by atoms with van der Waals surface area (Å²) in [5.41, 5.74) is 1.84. The van der Waals surface area contributed by atoms with Crippen molar-refractivity contribution in [1.29, 1.82) is 0 Å². The Balaban J connectivity index is 1.64. The van der Waals surface area contributed by atoms with Gasteiger partial charge in [-0.25, -0.2) is 0 Å². The molecule has 0 radical (unpaired) electrons. The van der Waals surface area contributed by atoms with E-state index < -0.39 is 11.9 Å². The Morgan fingerprint density at radius 2 is 2.12 bits per heavy atom. The van der Waals surface area contributed by atoms with Gasteiger partial charge in [0.05, 0.1) is 18.3 Å². The first kappa shape index (κ1) is 16.4. The molecule has 3 heterocycles. The van der Waals surface area contributed by atoms with Gasteiger partial charge in [0.1, 0.15) is 6.04 Å². The van der Waals surface area contributed by atoms with E-state index in [9.17, 15) is 14.4 Å². The molecule has 1 unspecified atom stereocenters. The normalized spacial score (nSPS) is 21.3. The van der Waals surface area contributed by atoms with Crippen LogP contribution in [-0.4, -0.2) is 54.9 Å². The van der Waals surface area contributed by atoms with Crippen LogP contribution in [0.1, 0.15) is 18.4 Å². The SMILES string of the molecule is O=C1CCC(NC(=O)Cc2ccncc2N2CCNCC2)C(=O)N1. The number of nitrogens with zero attached hydrogens (tertiary/aromatic N) is 2. The summed E-state index contributed by atoms with van der Waals surface area (Å²) in [6, 6.07) is 1.20. The standard InChI is InChI=1S/C16H21N5O3/c22-14-2-1-12(16(24)20-14)19-15(23)9-11-3-4-18-10-13(11)21-7-5-17-6-8-21/h3-4,10,12,17H,1-2,5-9H2,(H,19,23)(H,20,22,24). The zero-order valence-corrected chi connectivity index (χ0v) is 13.4. The summed E-state index contributed by atoms with van der Waals surface area (Å²) in [7, 11) is 0. The van der Waals surface area contributed by atoms with Crippen LogP contribution in [0.4, 0.5) is 5.69 Å². The second-order valence-corrected chi connectivity index (χ2v) is 5.99. The number of piperazine rings is 1. The molecule has 0 spiro atoms. The summed E-state index contributed by atoms with van der Waals surface area (Å²) in [6.45, 7) is 3.54. The molecular weight excluding hydrogens is 310 g/mol. The Bertz CT molecular complexity index is 642. The van der Waals surface area contributed by atoms with E-state index in [1.165, 1.54) is 0 Å². The van der Waals surface area contributed by atoms with Gasteiger partial charge in [-0.05, 0) is 18.1 Å². The molecule has 24 heavy (non-hydrogen) atoms. The topological polar surface area (TPSA) is 103 Å². The van der Waals surface area contributed by atoms with Crippen LogP contribution in [0.3, 0.4) is 0 Å². The van der Waals surface area contributed by atoms with Crippen LogP contribution in [0.5, 0.6) is 0 Å². The highest BCUT2D eigenvalue weighted by molar-refractivity contribution is 6.01. The number of hydrogen-bond acceptors (Lipinski definition) is 6. The summed E-state index contributed by atoms with van der Waals surface area (Å²) in [5, 5.41) is 8.25. The molecule has 3 N–H and O–H groups in total. The Hall–Kier alpha value is -2.48. The van der Waals surface area contributed by atoms with Crippen molar-refractivity contribution < 1.29 is 14.4 Å². The van der Waals surface area contributed by atoms with Gasteiger partial charge in [-0.1, -0.05) is 0 Å². The molecule has 2 saturated heterocycles. The van der Waals surface area contributed by atoms with E-state index in [4.69, 9.17) is 0 Å². The van der Waals surface area contributed by atoms with E-state index in [1.807, 2.05) is 6.07 Å². The van der Waals surface area contributed by atoms with Crippen molar-refractivity contribution in [3.05, 3.63) is 24.0 Å². The van der Waals surface area contributed by atoms with E-state index in [-0.39, 0.29) is 24.7 Å². The molecule has 2 fully saturated rings. The molecule has 2 aliphatic rings. The number of rotatable bonds is 4. The van der Waals surface area contributed by atoms with Gasteiger partial charge in [0.25, 0.3) is 0 Å². The molecule has 8 heteroatoms. The summed E-state index contributed by atoms with van der Waals surface area (Å²) in [4.78, 5) is 41.6. The smallest absolute Gasteiger partial charge is 0.249 e. The molecule has 128 valence electrons. The van der Waals surface area contributed by atoms with Gasteiger partial charge in [-0.15, -0.1) is 0 Å². The Labute approximate surface area is 140 Å². The van der Waals surface area contributed by atoms with Crippen molar-refractivity contribution in [1.82, 2.24) is 20.9 Å². The molecule has 0 aliphatic carbocycles. The lowest BCUT2D eigenvalue weighted by atomic mass is 10.0. The largest absolute Gasteiger partial charge is 0.368 e. The maximum Gasteiger partial charge on any atom is 0.249 e. The monoisotopic (exact) mass is 331 g/mol. The number of anilines is 1. The van der Waals surface area contributed by atoms with Crippen LogP contribution >= 0.6 is 0 Å². The van der Waals surface area contributed by atoms with Crippen LogP contribution in [-0.2, 0) is 20.8 Å². The number of hydrogen-bond donors (Lipinski definition) is 3. The van der Waals surface area contributed by atoms with Crippen molar-refractivity contribution in [2.75, 3.05) is 31.1 Å². The fourth-order valence-corrected chi connectivity index (χ4v) is 3.00. The summed E-state index contributed by atoms with van der Waals surface area (Å²) < 4.78 is 0. The lowest BCUT2D eigenvalue weighted by Crippen LogP contribution is -2.52. The highest BCUT2D eigenvalue weighted by atomic mass is 16.2. The van der Waals surface area contributed by atoms with Crippen LogP contribution in [0.25, 0.3) is 0 Å². The van der Waals surface area contributed by atoms with E-state index in [2.05, 4.69) is 25.8 Å². The van der Waals surface area contributed by atoms with Crippen LogP contribution in [0.2, 0.25) is 0 Å². The van der Waals surface area contributed by atoms with Crippen molar-refractivity contribution in [2.24, 2.45) is 0 Å². The highest BCUT2D eigenvalue weighted by Gasteiger charge is 2.28. The second-order valence-electron chi connectivity index (χ2n) is 5.99. The summed E-state index contributed by atoms with van der Waals surface area (Å²) >= 11 is 0. The first-order valence-corrected chi connectivity index (χ1v) is 8.15. The number of carbonyl (C=O) groups excluding carboxylic acids is 3. The van der Waals surface area contributed by atoms with E-state index >= 15 is 0 Å². The average molecular weight is 331 g/mol. The second kappa shape index (κ2) is 7.39. The number of nitrogens with one attached hydrogen (secondary N) is 3. The molecule has 8 nitrogen and oxygen atoms in total. The molecular formula is C16H21N5O3. The quantitative estimate of drug-likeness (QED) is 0.609. The zero-order valence-electron chi connectivity index (χ0n) is 13.4. The Morgan fingerprint density at radius 1 is 1.33 bits per heavy atom. The average Bonchev–Trinajstić information content (AvgIpc) is 2.59. The molecule has 2 aliphatic heterocycles. The minimum absolute atomic E-state index is 0.180. The molecule has 0 aromatic carbocycles. The fourth-order valence-electron chi connectivity index (χ4n) is 3.00. The first-order valence-electron chi connectivity index (χ1n) is 8.15. The Morgan fingerprint density at radius 3 is 2.88 bits per heavy atom. The van der Waals surface area contributed by atoms with Gasteiger partial charge in [-0.2, -0.15) is 0 Å². The van der Waals surface area contributed by atoms with E-state index in [0.29, 0.717) is 6.42 Å². The lowest BCUT2D eigenvalue weighted by molar-refractivity contribution is -0.137. The number of carbonyl (C=O) groups is 3. The number of amides is 3. The minimum atomic E-state index is -0.639. The third-order valence-corrected chi connectivity index (χ3v) is 4.27. The van der Waals surface area contributed by atoms with E-state index in [1.54, 1.807) is 12.4 Å². The maximum atomic E-state index is 12.3. The molecule has 3 rings (SSSR count). The third-order valence-electron chi connectivity index (χ3n) is 4.27. The van der Waals surface area contributed by atoms with Crippen LogP contribution in [0.15, 0.2) is 18.5 Å². The minimum Gasteiger partial charge on any atom is -0.368 e. The molecule has 1 aromatic heterocycles. The van der Waals surface area contributed by atoms with Crippen LogP contribution < -0.4 is 20.9 Å². The molecule has 0 saturated carbocycles. The summed E-state index contributed by atoms with van der Waals surface area (Å²) in [6.07, 6.45) is 4.22. The van der Waals surface area contributed by atoms with Crippen molar-refractivity contribution >= 4 is 23.4 Å². The predicted molar refractivity (Wildman–Crippen MR) is 87.3 cm³/mol. The molecule has 1 atom stereocenters. The van der Waals surface area contributed by atoms with Gasteiger partial charge in [0.15, 0.2) is 0 Å². The van der Waals surface area contributed by atoms with Gasteiger partial charge >= 0.3 is 0 Å². The first-order chi connectivity index (χ1) is 11.6. The zero-order chi connectivity index (χ0) is 16.9. The number of pyridine rings is 1. The number of imide groups is 1. The van der Waals surface area contributed by atoms with Gasteiger partial charge < -0.3 is 15.5 Å². The molecule has 1 aromatic rings.